The Labute approximate surface area is 196 Å². The lowest BCUT2D eigenvalue weighted by atomic mass is 9.80. The fourth-order valence-corrected chi connectivity index (χ4v) is 4.20. The smallest absolute Gasteiger partial charge is 0.254 e. The van der Waals surface area contributed by atoms with Crippen molar-refractivity contribution in [1.29, 1.82) is 0 Å². The molecule has 2 aromatic carbocycles. The summed E-state index contributed by atoms with van der Waals surface area (Å²) < 4.78 is 0. The van der Waals surface area contributed by atoms with Crippen LogP contribution in [0.3, 0.4) is 0 Å². The summed E-state index contributed by atoms with van der Waals surface area (Å²) in [5.41, 5.74) is 3.79. The van der Waals surface area contributed by atoms with Crippen LogP contribution in [0.2, 0.25) is 5.02 Å². The van der Waals surface area contributed by atoms with Crippen molar-refractivity contribution in [3.05, 3.63) is 71.3 Å². The predicted octanol–water partition coefficient (Wildman–Crippen LogP) is 3.01. The standard InChI is InChI=1S/C24H23ClN4O4/c1-28(14-21(30)26-20-12-5-4-11-19(20)25)23(32)15-7-6-8-16(13-15)29-24(33)18-10-3-2-9-17(18)22(31)27-29/h2-8,11-13,17-18H,9-10,14H2,1H3,(H,26,30)(H,27,31). The van der Waals surface area contributed by atoms with Gasteiger partial charge in [-0.2, -0.15) is 0 Å². The molecule has 2 unspecified atom stereocenters. The van der Waals surface area contributed by atoms with E-state index in [-0.39, 0.29) is 29.8 Å². The van der Waals surface area contributed by atoms with Gasteiger partial charge in [0.05, 0.1) is 34.8 Å². The van der Waals surface area contributed by atoms with Crippen molar-refractivity contribution in [2.75, 3.05) is 23.9 Å². The molecule has 0 bridgehead atoms. The number of amides is 4. The van der Waals surface area contributed by atoms with Gasteiger partial charge in [0.1, 0.15) is 0 Å². The number of fused-ring (bicyclic) bond motifs is 1. The van der Waals surface area contributed by atoms with E-state index in [1.807, 2.05) is 12.2 Å². The number of hydrogen-bond acceptors (Lipinski definition) is 4. The van der Waals surface area contributed by atoms with Gasteiger partial charge in [0.2, 0.25) is 17.7 Å². The minimum absolute atomic E-state index is 0.191. The van der Waals surface area contributed by atoms with Crippen molar-refractivity contribution in [3.8, 4) is 0 Å². The average Bonchev–Trinajstić information content (AvgIpc) is 2.82. The third kappa shape index (κ3) is 4.75. The number of carbonyl (C=O) groups is 4. The van der Waals surface area contributed by atoms with Crippen molar-refractivity contribution in [3.63, 3.8) is 0 Å². The Morgan fingerprint density at radius 2 is 1.82 bits per heavy atom. The third-order valence-electron chi connectivity index (χ3n) is 5.76. The van der Waals surface area contributed by atoms with Gasteiger partial charge in [-0.25, -0.2) is 5.01 Å². The molecule has 9 heteroatoms. The van der Waals surface area contributed by atoms with E-state index in [1.165, 1.54) is 23.0 Å². The Bertz CT molecular complexity index is 1150. The van der Waals surface area contributed by atoms with Gasteiger partial charge in [0.15, 0.2) is 0 Å². The zero-order chi connectivity index (χ0) is 23.5. The molecule has 0 radical (unpaired) electrons. The second-order valence-corrected chi connectivity index (χ2v) is 8.45. The van der Waals surface area contributed by atoms with E-state index in [0.29, 0.717) is 29.2 Å². The minimum Gasteiger partial charge on any atom is -0.332 e. The lowest BCUT2D eigenvalue weighted by Gasteiger charge is -2.38. The summed E-state index contributed by atoms with van der Waals surface area (Å²) >= 11 is 6.06. The summed E-state index contributed by atoms with van der Waals surface area (Å²) in [6.45, 7) is -0.191. The molecular weight excluding hydrogens is 444 g/mol. The molecule has 1 aliphatic heterocycles. The first-order chi connectivity index (χ1) is 15.8. The number of hydrazine groups is 1. The van der Waals surface area contributed by atoms with Crippen LogP contribution in [0.5, 0.6) is 0 Å². The van der Waals surface area contributed by atoms with Crippen LogP contribution in [-0.4, -0.2) is 42.1 Å². The number of halogens is 1. The van der Waals surface area contributed by atoms with Crippen molar-refractivity contribution >= 4 is 46.6 Å². The van der Waals surface area contributed by atoms with Gasteiger partial charge < -0.3 is 10.2 Å². The highest BCUT2D eigenvalue weighted by molar-refractivity contribution is 6.33. The van der Waals surface area contributed by atoms with Gasteiger partial charge >= 0.3 is 0 Å². The number of hydrogen-bond donors (Lipinski definition) is 2. The Balaban J connectivity index is 1.45. The molecule has 0 aromatic heterocycles. The van der Waals surface area contributed by atoms with Gasteiger partial charge in [-0.3, -0.25) is 24.6 Å². The molecule has 4 rings (SSSR count). The van der Waals surface area contributed by atoms with E-state index >= 15 is 0 Å². The van der Waals surface area contributed by atoms with Crippen LogP contribution in [0.25, 0.3) is 0 Å². The number of allylic oxidation sites excluding steroid dienone is 2. The summed E-state index contributed by atoms with van der Waals surface area (Å²) in [7, 11) is 1.51. The summed E-state index contributed by atoms with van der Waals surface area (Å²) in [6.07, 6.45) is 4.88. The van der Waals surface area contributed by atoms with Gasteiger partial charge in [0, 0.05) is 12.6 Å². The van der Waals surface area contributed by atoms with Gasteiger partial charge in [-0.15, -0.1) is 0 Å². The van der Waals surface area contributed by atoms with Gasteiger partial charge in [-0.1, -0.05) is 42.0 Å². The molecule has 1 fully saturated rings. The van der Waals surface area contributed by atoms with Crippen molar-refractivity contribution in [2.24, 2.45) is 11.8 Å². The second kappa shape index (κ2) is 9.46. The van der Waals surface area contributed by atoms with Crippen LogP contribution in [0.4, 0.5) is 11.4 Å². The number of nitrogens with one attached hydrogen (secondary N) is 2. The number of benzene rings is 2. The molecule has 33 heavy (non-hydrogen) atoms. The van der Waals surface area contributed by atoms with Gasteiger partial charge in [0.25, 0.3) is 5.91 Å². The molecule has 2 atom stereocenters. The highest BCUT2D eigenvalue weighted by Gasteiger charge is 2.42. The van der Waals surface area contributed by atoms with E-state index in [1.54, 1.807) is 42.5 Å². The lowest BCUT2D eigenvalue weighted by molar-refractivity contribution is -0.140. The summed E-state index contributed by atoms with van der Waals surface area (Å²) in [5, 5.41) is 4.29. The van der Waals surface area contributed by atoms with Crippen LogP contribution in [0.15, 0.2) is 60.7 Å². The predicted molar refractivity (Wildman–Crippen MR) is 124 cm³/mol. The quantitative estimate of drug-likeness (QED) is 0.662. The molecule has 170 valence electrons. The number of likely N-dealkylation sites (N-methyl/N-ethyl adjacent to an activating group) is 1. The van der Waals surface area contributed by atoms with E-state index < -0.39 is 17.7 Å². The van der Waals surface area contributed by atoms with Crippen LogP contribution in [-0.2, 0) is 14.4 Å². The normalized spacial score (nSPS) is 19.5. The minimum atomic E-state index is -0.417. The lowest BCUT2D eigenvalue weighted by Crippen LogP contribution is -2.59. The Morgan fingerprint density at radius 3 is 2.58 bits per heavy atom. The molecule has 4 amide bonds. The van der Waals surface area contributed by atoms with Crippen LogP contribution in [0, 0.1) is 11.8 Å². The Morgan fingerprint density at radius 1 is 1.09 bits per heavy atom. The number of para-hydroxylation sites is 1. The van der Waals surface area contributed by atoms with E-state index in [2.05, 4.69) is 10.7 Å². The summed E-state index contributed by atoms with van der Waals surface area (Å²) in [5.74, 6) is -2.01. The maximum absolute atomic E-state index is 13.0. The van der Waals surface area contributed by atoms with E-state index in [4.69, 9.17) is 11.6 Å². The van der Waals surface area contributed by atoms with Crippen LogP contribution < -0.4 is 15.8 Å². The van der Waals surface area contributed by atoms with E-state index in [9.17, 15) is 19.2 Å². The molecule has 2 aliphatic rings. The first-order valence-corrected chi connectivity index (χ1v) is 10.9. The molecule has 2 aromatic rings. The van der Waals surface area contributed by atoms with Crippen LogP contribution >= 0.6 is 11.6 Å². The number of rotatable bonds is 5. The molecule has 8 nitrogen and oxygen atoms in total. The second-order valence-electron chi connectivity index (χ2n) is 8.05. The monoisotopic (exact) mass is 466 g/mol. The first-order valence-electron chi connectivity index (χ1n) is 10.5. The molecule has 1 saturated heterocycles. The molecule has 0 saturated carbocycles. The molecular formula is C24H23ClN4O4. The molecule has 0 spiro atoms. The topological polar surface area (TPSA) is 98.8 Å². The zero-order valence-corrected chi connectivity index (χ0v) is 18.7. The van der Waals surface area contributed by atoms with Crippen molar-refractivity contribution in [2.45, 2.75) is 12.8 Å². The molecule has 1 heterocycles. The fourth-order valence-electron chi connectivity index (χ4n) is 4.02. The Kier molecular flexibility index (Phi) is 6.46. The summed E-state index contributed by atoms with van der Waals surface area (Å²) in [4.78, 5) is 52.1. The average molecular weight is 467 g/mol. The fraction of sp³-hybridized carbons (Fsp3) is 0.250. The van der Waals surface area contributed by atoms with Crippen molar-refractivity contribution < 1.29 is 19.2 Å². The highest BCUT2D eigenvalue weighted by Crippen LogP contribution is 2.32. The Hall–Kier alpha value is -3.65. The number of carbonyl (C=O) groups excluding carboxylic acids is 4. The third-order valence-corrected chi connectivity index (χ3v) is 6.09. The van der Waals surface area contributed by atoms with Crippen molar-refractivity contribution in [1.82, 2.24) is 10.3 Å². The first kappa shape index (κ1) is 22.5. The van der Waals surface area contributed by atoms with Crippen LogP contribution in [0.1, 0.15) is 23.2 Å². The SMILES string of the molecule is CN(CC(=O)Nc1ccccc1Cl)C(=O)c1cccc(N2NC(=O)C3CC=CCC3C2=O)c1. The highest BCUT2D eigenvalue weighted by atomic mass is 35.5. The maximum atomic E-state index is 13.0. The molecule has 2 N–H and O–H groups in total. The van der Waals surface area contributed by atoms with E-state index in [0.717, 1.165) is 0 Å². The largest absolute Gasteiger partial charge is 0.332 e. The maximum Gasteiger partial charge on any atom is 0.254 e. The number of anilines is 2. The zero-order valence-electron chi connectivity index (χ0n) is 18.0. The van der Waals surface area contributed by atoms with Gasteiger partial charge in [-0.05, 0) is 43.2 Å². The molecule has 1 aliphatic carbocycles. The number of nitrogens with zero attached hydrogens (tertiary/aromatic N) is 2. The summed E-state index contributed by atoms with van der Waals surface area (Å²) in [6, 6.07) is 13.2.